The van der Waals surface area contributed by atoms with Gasteiger partial charge in [0.05, 0.1) is 0 Å². The Morgan fingerprint density at radius 3 is 1.78 bits per heavy atom. The summed E-state index contributed by atoms with van der Waals surface area (Å²) < 4.78 is 0. The fourth-order valence-corrected chi connectivity index (χ4v) is 3.35. The fourth-order valence-electron chi connectivity index (χ4n) is 3.35. The van der Waals surface area contributed by atoms with Crippen LogP contribution in [0.1, 0.15) is 71.1 Å². The Morgan fingerprint density at radius 2 is 1.35 bits per heavy atom. The second-order valence-corrected chi connectivity index (χ2v) is 6.72. The van der Waals surface area contributed by atoms with Crippen LogP contribution in [-0.4, -0.2) is 22.2 Å². The first kappa shape index (κ1) is 19.5. The molecule has 0 aromatic heterocycles. The highest BCUT2D eigenvalue weighted by Gasteiger charge is 2.20. The summed E-state index contributed by atoms with van der Waals surface area (Å²) in [6.45, 7) is 5.26. The van der Waals surface area contributed by atoms with Crippen molar-refractivity contribution in [3.63, 3.8) is 0 Å². The fraction of sp³-hybridized carbons (Fsp3) is 0.684. The van der Waals surface area contributed by atoms with Crippen molar-refractivity contribution in [3.8, 4) is 0 Å². The predicted octanol–water partition coefficient (Wildman–Crippen LogP) is 4.81. The van der Waals surface area contributed by atoms with Gasteiger partial charge in [-0.05, 0) is 44.4 Å². The van der Waals surface area contributed by atoms with Crippen molar-refractivity contribution in [2.45, 2.75) is 71.1 Å². The standard InChI is InChI=1S/C10H16O2.C9H14O2/c1-8(10(11)12)7-9-5-3-2-4-6-9;1-7(9(10)11)8-5-3-2-4-6-8/h7,9H,2-6H2,1H3,(H,11,12);8H,1-6H2,(H,10,11)/b8-7+;. The topological polar surface area (TPSA) is 74.6 Å². The Balaban J connectivity index is 0.000000231. The minimum atomic E-state index is -0.822. The van der Waals surface area contributed by atoms with Gasteiger partial charge < -0.3 is 10.2 Å². The molecule has 2 N–H and O–H groups in total. The molecule has 2 rings (SSSR count). The number of allylic oxidation sites excluding steroid dienone is 1. The molecular formula is C19H30O4. The zero-order valence-electron chi connectivity index (χ0n) is 14.2. The van der Waals surface area contributed by atoms with Gasteiger partial charge >= 0.3 is 11.9 Å². The third-order valence-corrected chi connectivity index (χ3v) is 4.85. The lowest BCUT2D eigenvalue weighted by molar-refractivity contribution is -0.134. The van der Waals surface area contributed by atoms with E-state index in [2.05, 4.69) is 6.58 Å². The second-order valence-electron chi connectivity index (χ2n) is 6.72. The first-order valence-corrected chi connectivity index (χ1v) is 8.75. The number of hydrogen-bond acceptors (Lipinski definition) is 2. The van der Waals surface area contributed by atoms with Crippen molar-refractivity contribution in [2.75, 3.05) is 0 Å². The van der Waals surface area contributed by atoms with Gasteiger partial charge in [0.15, 0.2) is 0 Å². The first-order chi connectivity index (χ1) is 10.9. The summed E-state index contributed by atoms with van der Waals surface area (Å²) in [4.78, 5) is 21.0. The highest BCUT2D eigenvalue weighted by Crippen LogP contribution is 2.28. The summed E-state index contributed by atoms with van der Waals surface area (Å²) in [6, 6.07) is 0. The molecule has 23 heavy (non-hydrogen) atoms. The van der Waals surface area contributed by atoms with Crippen LogP contribution in [0.5, 0.6) is 0 Å². The highest BCUT2D eigenvalue weighted by molar-refractivity contribution is 5.86. The van der Waals surface area contributed by atoms with E-state index in [-0.39, 0.29) is 5.92 Å². The van der Waals surface area contributed by atoms with Gasteiger partial charge in [-0.3, -0.25) is 0 Å². The molecule has 0 saturated heterocycles. The molecule has 2 aliphatic carbocycles. The van der Waals surface area contributed by atoms with E-state index in [1.54, 1.807) is 6.92 Å². The summed E-state index contributed by atoms with van der Waals surface area (Å²) in [5.74, 6) is -0.825. The summed E-state index contributed by atoms with van der Waals surface area (Å²) >= 11 is 0. The number of carbonyl (C=O) groups is 2. The lowest BCUT2D eigenvalue weighted by Crippen LogP contribution is -2.14. The van der Waals surface area contributed by atoms with Gasteiger partial charge in [0.1, 0.15) is 0 Å². The van der Waals surface area contributed by atoms with E-state index in [0.717, 1.165) is 25.7 Å². The Morgan fingerprint density at radius 1 is 0.870 bits per heavy atom. The molecule has 0 atom stereocenters. The Bertz CT molecular complexity index is 438. The van der Waals surface area contributed by atoms with E-state index in [4.69, 9.17) is 10.2 Å². The summed E-state index contributed by atoms with van der Waals surface area (Å²) in [7, 11) is 0. The zero-order chi connectivity index (χ0) is 17.2. The zero-order valence-corrected chi connectivity index (χ0v) is 14.2. The van der Waals surface area contributed by atoms with Crippen molar-refractivity contribution < 1.29 is 19.8 Å². The van der Waals surface area contributed by atoms with Crippen LogP contribution in [0.25, 0.3) is 0 Å². The molecule has 0 bridgehead atoms. The van der Waals surface area contributed by atoms with E-state index in [1.807, 2.05) is 6.08 Å². The molecule has 4 heteroatoms. The van der Waals surface area contributed by atoms with Crippen LogP contribution < -0.4 is 0 Å². The van der Waals surface area contributed by atoms with Crippen molar-refractivity contribution in [2.24, 2.45) is 11.8 Å². The minimum absolute atomic E-state index is 0.251. The monoisotopic (exact) mass is 322 g/mol. The summed E-state index contributed by atoms with van der Waals surface area (Å²) in [6.07, 6.45) is 13.7. The van der Waals surface area contributed by atoms with Crippen molar-refractivity contribution in [3.05, 3.63) is 23.8 Å². The average molecular weight is 322 g/mol. The molecule has 0 amide bonds. The Kier molecular flexibility index (Phi) is 8.67. The third-order valence-electron chi connectivity index (χ3n) is 4.85. The number of carboxylic acids is 2. The van der Waals surface area contributed by atoms with Gasteiger partial charge in [-0.15, -0.1) is 0 Å². The predicted molar refractivity (Wildman–Crippen MR) is 91.3 cm³/mol. The molecule has 0 heterocycles. The maximum atomic E-state index is 10.5. The van der Waals surface area contributed by atoms with Crippen LogP contribution in [0.15, 0.2) is 23.8 Å². The molecule has 0 aromatic rings. The van der Waals surface area contributed by atoms with Gasteiger partial charge in [0, 0.05) is 11.1 Å². The summed E-state index contributed by atoms with van der Waals surface area (Å²) in [5, 5.41) is 17.3. The van der Waals surface area contributed by atoms with Crippen molar-refractivity contribution in [1.29, 1.82) is 0 Å². The van der Waals surface area contributed by atoms with Gasteiger partial charge in [0.2, 0.25) is 0 Å². The largest absolute Gasteiger partial charge is 0.478 e. The van der Waals surface area contributed by atoms with Crippen LogP contribution in [0.3, 0.4) is 0 Å². The lowest BCUT2D eigenvalue weighted by atomic mass is 9.84. The quantitative estimate of drug-likeness (QED) is 0.729. The van der Waals surface area contributed by atoms with Crippen LogP contribution in [-0.2, 0) is 9.59 Å². The second kappa shape index (κ2) is 10.2. The molecule has 130 valence electrons. The number of aliphatic carboxylic acids is 2. The molecule has 0 aromatic carbocycles. The Hall–Kier alpha value is -1.58. The maximum absolute atomic E-state index is 10.5. The highest BCUT2D eigenvalue weighted by atomic mass is 16.4. The van der Waals surface area contributed by atoms with Crippen LogP contribution >= 0.6 is 0 Å². The molecule has 2 aliphatic rings. The number of hydrogen-bond donors (Lipinski definition) is 2. The molecule has 2 saturated carbocycles. The van der Waals surface area contributed by atoms with Crippen LogP contribution in [0.4, 0.5) is 0 Å². The molecule has 0 aliphatic heterocycles. The van der Waals surface area contributed by atoms with E-state index >= 15 is 0 Å². The van der Waals surface area contributed by atoms with E-state index in [0.29, 0.717) is 17.1 Å². The van der Waals surface area contributed by atoms with Gasteiger partial charge in [-0.1, -0.05) is 51.2 Å². The summed E-state index contributed by atoms with van der Waals surface area (Å²) in [5.41, 5.74) is 0.909. The maximum Gasteiger partial charge on any atom is 0.331 e. The Labute approximate surface area is 139 Å². The van der Waals surface area contributed by atoms with Crippen molar-refractivity contribution >= 4 is 11.9 Å². The van der Waals surface area contributed by atoms with Gasteiger partial charge in [0.25, 0.3) is 0 Å². The van der Waals surface area contributed by atoms with Crippen LogP contribution in [0, 0.1) is 11.8 Å². The molecule has 2 fully saturated rings. The van der Waals surface area contributed by atoms with E-state index < -0.39 is 11.9 Å². The molecule has 0 radical (unpaired) electrons. The molecule has 0 spiro atoms. The SMILES string of the molecule is C/C(=C\C1CCCCC1)C(=O)O.C=C(C(=O)O)C1CCCCC1. The minimum Gasteiger partial charge on any atom is -0.478 e. The molecular weight excluding hydrogens is 292 g/mol. The molecule has 0 unspecified atom stereocenters. The first-order valence-electron chi connectivity index (χ1n) is 8.75. The van der Waals surface area contributed by atoms with Crippen molar-refractivity contribution in [1.82, 2.24) is 0 Å². The average Bonchev–Trinajstić information content (AvgIpc) is 2.56. The van der Waals surface area contributed by atoms with E-state index in [9.17, 15) is 9.59 Å². The smallest absolute Gasteiger partial charge is 0.331 e. The van der Waals surface area contributed by atoms with Crippen LogP contribution in [0.2, 0.25) is 0 Å². The third kappa shape index (κ3) is 7.49. The van der Waals surface area contributed by atoms with E-state index in [1.165, 1.54) is 38.5 Å². The number of rotatable bonds is 4. The lowest BCUT2D eigenvalue weighted by Gasteiger charge is -2.20. The van der Waals surface area contributed by atoms with Gasteiger partial charge in [-0.25, -0.2) is 9.59 Å². The number of carboxylic acid groups (broad SMARTS) is 2. The van der Waals surface area contributed by atoms with Gasteiger partial charge in [-0.2, -0.15) is 0 Å². The molecule has 4 nitrogen and oxygen atoms in total. The normalized spacial score (nSPS) is 20.3.